The van der Waals surface area contributed by atoms with Crippen molar-refractivity contribution in [2.45, 2.75) is 26.4 Å². The molecule has 0 aromatic heterocycles. The van der Waals surface area contributed by atoms with Crippen LogP contribution in [0.25, 0.3) is 0 Å². The Kier molecular flexibility index (Phi) is 3.55. The number of para-hydroxylation sites is 1. The molecule has 3 N–H and O–H groups in total. The van der Waals surface area contributed by atoms with E-state index in [1.807, 2.05) is 13.0 Å². The summed E-state index contributed by atoms with van der Waals surface area (Å²) in [6.07, 6.45) is -0.434. The Hall–Kier alpha value is -1.71. The summed E-state index contributed by atoms with van der Waals surface area (Å²) >= 11 is 0. The number of anilines is 1. The molecule has 4 nitrogen and oxygen atoms in total. The number of aliphatic carboxylic acids is 1. The minimum absolute atomic E-state index is 0.406. The summed E-state index contributed by atoms with van der Waals surface area (Å²) in [6.45, 7) is 3.59. The van der Waals surface area contributed by atoms with E-state index in [4.69, 9.17) is 15.6 Å². The molecule has 4 heteroatoms. The summed E-state index contributed by atoms with van der Waals surface area (Å²) in [6, 6.07) is 5.33. The van der Waals surface area contributed by atoms with Gasteiger partial charge in [-0.25, -0.2) is 4.79 Å². The van der Waals surface area contributed by atoms with Crippen LogP contribution in [0.1, 0.15) is 18.9 Å². The molecule has 82 valence electrons. The van der Waals surface area contributed by atoms with Gasteiger partial charge in [0.1, 0.15) is 5.75 Å². The van der Waals surface area contributed by atoms with Crippen LogP contribution in [0.5, 0.6) is 5.75 Å². The Morgan fingerprint density at radius 1 is 1.60 bits per heavy atom. The van der Waals surface area contributed by atoms with Crippen molar-refractivity contribution < 1.29 is 14.6 Å². The van der Waals surface area contributed by atoms with Gasteiger partial charge in [0.15, 0.2) is 6.10 Å². The van der Waals surface area contributed by atoms with Gasteiger partial charge < -0.3 is 15.6 Å². The molecule has 1 aromatic carbocycles. The number of carboxylic acid groups (broad SMARTS) is 1. The fourth-order valence-electron chi connectivity index (χ4n) is 1.29. The van der Waals surface area contributed by atoms with Crippen LogP contribution in [-0.2, 0) is 4.79 Å². The van der Waals surface area contributed by atoms with Crippen molar-refractivity contribution in [2.24, 2.45) is 0 Å². The maximum absolute atomic E-state index is 10.8. The van der Waals surface area contributed by atoms with E-state index < -0.39 is 12.1 Å². The highest BCUT2D eigenvalue weighted by molar-refractivity contribution is 5.73. The molecular weight excluding hydrogens is 194 g/mol. The topological polar surface area (TPSA) is 72.5 Å². The van der Waals surface area contributed by atoms with Crippen LogP contribution < -0.4 is 10.5 Å². The number of hydrogen-bond donors (Lipinski definition) is 2. The Bertz CT molecular complexity index is 343. The molecule has 0 saturated heterocycles. The third-order valence-electron chi connectivity index (χ3n) is 2.15. The Balaban J connectivity index is 2.92. The zero-order valence-electron chi connectivity index (χ0n) is 8.86. The molecule has 1 unspecified atom stereocenters. The fourth-order valence-corrected chi connectivity index (χ4v) is 1.29. The van der Waals surface area contributed by atoms with Crippen LogP contribution in [0.3, 0.4) is 0 Å². The molecule has 0 spiro atoms. The third-order valence-corrected chi connectivity index (χ3v) is 2.15. The highest BCUT2D eigenvalue weighted by Crippen LogP contribution is 2.26. The highest BCUT2D eigenvalue weighted by Gasteiger charge is 2.18. The first-order chi connectivity index (χ1) is 7.06. The Labute approximate surface area is 88.7 Å². The van der Waals surface area contributed by atoms with E-state index >= 15 is 0 Å². The van der Waals surface area contributed by atoms with Gasteiger partial charge in [-0.2, -0.15) is 0 Å². The van der Waals surface area contributed by atoms with Crippen LogP contribution in [0.15, 0.2) is 18.2 Å². The molecule has 0 amide bonds. The molecule has 1 atom stereocenters. The summed E-state index contributed by atoms with van der Waals surface area (Å²) in [5.41, 5.74) is 7.02. The van der Waals surface area contributed by atoms with Crippen molar-refractivity contribution in [1.29, 1.82) is 0 Å². The van der Waals surface area contributed by atoms with Crippen molar-refractivity contribution in [3.63, 3.8) is 0 Å². The second kappa shape index (κ2) is 4.68. The molecule has 0 bridgehead atoms. The zero-order chi connectivity index (χ0) is 11.4. The number of nitrogen functional groups attached to an aromatic ring is 1. The molecule has 0 radical (unpaired) electrons. The molecule has 1 aromatic rings. The first kappa shape index (κ1) is 11.4. The van der Waals surface area contributed by atoms with Crippen LogP contribution >= 0.6 is 0 Å². The molecule has 0 fully saturated rings. The minimum atomic E-state index is -0.972. The van der Waals surface area contributed by atoms with Gasteiger partial charge in [0, 0.05) is 0 Å². The summed E-state index contributed by atoms with van der Waals surface area (Å²) in [4.78, 5) is 10.8. The Morgan fingerprint density at radius 2 is 2.27 bits per heavy atom. The van der Waals surface area contributed by atoms with Gasteiger partial charge in [-0.15, -0.1) is 0 Å². The van der Waals surface area contributed by atoms with Gasteiger partial charge in [-0.1, -0.05) is 19.1 Å². The molecule has 0 aliphatic carbocycles. The second-order valence-electron chi connectivity index (χ2n) is 3.35. The molecule has 0 aliphatic rings. The first-order valence-electron chi connectivity index (χ1n) is 4.80. The fraction of sp³-hybridized carbons (Fsp3) is 0.364. The number of ether oxygens (including phenoxy) is 1. The lowest BCUT2D eigenvalue weighted by molar-refractivity contribution is -0.145. The van der Waals surface area contributed by atoms with Crippen molar-refractivity contribution in [1.82, 2.24) is 0 Å². The van der Waals surface area contributed by atoms with Gasteiger partial charge in [0.05, 0.1) is 5.69 Å². The van der Waals surface area contributed by atoms with Crippen LogP contribution in [0.4, 0.5) is 5.69 Å². The van der Waals surface area contributed by atoms with Gasteiger partial charge in [-0.05, 0) is 25.0 Å². The molecule has 0 saturated carbocycles. The number of carboxylic acids is 1. The van der Waals surface area contributed by atoms with E-state index in [9.17, 15) is 4.79 Å². The van der Waals surface area contributed by atoms with E-state index in [2.05, 4.69) is 0 Å². The van der Waals surface area contributed by atoms with Crippen molar-refractivity contribution in [3.05, 3.63) is 23.8 Å². The molecular formula is C11H15NO3. The van der Waals surface area contributed by atoms with E-state index in [1.54, 1.807) is 19.1 Å². The van der Waals surface area contributed by atoms with Crippen molar-refractivity contribution >= 4 is 11.7 Å². The van der Waals surface area contributed by atoms with Gasteiger partial charge in [0.2, 0.25) is 0 Å². The predicted octanol–water partition coefficient (Wildman–Crippen LogP) is 1.82. The van der Waals surface area contributed by atoms with Gasteiger partial charge >= 0.3 is 5.97 Å². The number of aryl methyl sites for hydroxylation is 1. The van der Waals surface area contributed by atoms with Crippen LogP contribution in [0.2, 0.25) is 0 Å². The molecule has 0 heterocycles. The monoisotopic (exact) mass is 209 g/mol. The van der Waals surface area contributed by atoms with Crippen LogP contribution in [0, 0.1) is 6.92 Å². The van der Waals surface area contributed by atoms with E-state index in [-0.39, 0.29) is 0 Å². The lowest BCUT2D eigenvalue weighted by Crippen LogP contribution is -2.26. The molecule has 0 aliphatic heterocycles. The summed E-state index contributed by atoms with van der Waals surface area (Å²) in [7, 11) is 0. The normalized spacial score (nSPS) is 12.1. The standard InChI is InChI=1S/C11H15NO3/c1-3-9(11(13)14)15-10-7(2)5-4-6-8(10)12/h4-6,9H,3,12H2,1-2H3,(H,13,14). The third kappa shape index (κ3) is 2.62. The van der Waals surface area contributed by atoms with Gasteiger partial charge in [0.25, 0.3) is 0 Å². The average molecular weight is 209 g/mol. The summed E-state index contributed by atoms with van der Waals surface area (Å²) < 4.78 is 5.36. The number of benzene rings is 1. The number of nitrogens with two attached hydrogens (primary N) is 1. The first-order valence-corrected chi connectivity index (χ1v) is 4.80. The minimum Gasteiger partial charge on any atom is -0.479 e. The number of carbonyl (C=O) groups is 1. The lowest BCUT2D eigenvalue weighted by Gasteiger charge is -2.16. The lowest BCUT2D eigenvalue weighted by atomic mass is 10.2. The van der Waals surface area contributed by atoms with Crippen molar-refractivity contribution in [3.8, 4) is 5.75 Å². The second-order valence-corrected chi connectivity index (χ2v) is 3.35. The molecule has 15 heavy (non-hydrogen) atoms. The molecule has 1 rings (SSSR count). The predicted molar refractivity (Wildman–Crippen MR) is 57.9 cm³/mol. The van der Waals surface area contributed by atoms with E-state index in [0.717, 1.165) is 5.56 Å². The van der Waals surface area contributed by atoms with Crippen LogP contribution in [-0.4, -0.2) is 17.2 Å². The van der Waals surface area contributed by atoms with Gasteiger partial charge in [-0.3, -0.25) is 0 Å². The Morgan fingerprint density at radius 3 is 2.73 bits per heavy atom. The SMILES string of the molecule is CCC(Oc1c(C)cccc1N)C(=O)O. The summed E-state index contributed by atoms with van der Waals surface area (Å²) in [5.74, 6) is -0.507. The quantitative estimate of drug-likeness (QED) is 0.742. The largest absolute Gasteiger partial charge is 0.479 e. The number of hydrogen-bond acceptors (Lipinski definition) is 3. The zero-order valence-corrected chi connectivity index (χ0v) is 8.86. The number of rotatable bonds is 4. The van der Waals surface area contributed by atoms with E-state index in [1.165, 1.54) is 0 Å². The van der Waals surface area contributed by atoms with E-state index in [0.29, 0.717) is 17.9 Å². The average Bonchev–Trinajstić information content (AvgIpc) is 2.17. The summed E-state index contributed by atoms with van der Waals surface area (Å²) in [5, 5.41) is 8.85. The van der Waals surface area contributed by atoms with Crippen molar-refractivity contribution in [2.75, 3.05) is 5.73 Å². The highest BCUT2D eigenvalue weighted by atomic mass is 16.5. The maximum atomic E-state index is 10.8. The smallest absolute Gasteiger partial charge is 0.344 e. The maximum Gasteiger partial charge on any atom is 0.344 e.